The Bertz CT molecular complexity index is 840. The molecule has 0 saturated carbocycles. The molecule has 0 saturated heterocycles. The SMILES string of the molecule is O=C(Cc1ccc2ccccc2c1)N1N=C(C(F)F)C[C@@]1(O)C(F)F. The number of carbonyl (C=O) groups is 1. The van der Waals surface area contributed by atoms with Gasteiger partial charge in [0.25, 0.3) is 12.9 Å². The molecule has 2 aromatic carbocycles. The Morgan fingerprint density at radius 1 is 1.16 bits per heavy atom. The first kappa shape index (κ1) is 17.3. The van der Waals surface area contributed by atoms with Gasteiger partial charge in [-0.2, -0.15) is 10.1 Å². The normalized spacial score (nSPS) is 20.6. The number of rotatable bonds is 4. The van der Waals surface area contributed by atoms with E-state index in [0.717, 1.165) is 10.8 Å². The summed E-state index contributed by atoms with van der Waals surface area (Å²) in [5.41, 5.74) is -3.48. The van der Waals surface area contributed by atoms with E-state index >= 15 is 0 Å². The van der Waals surface area contributed by atoms with Gasteiger partial charge >= 0.3 is 0 Å². The summed E-state index contributed by atoms with van der Waals surface area (Å²) >= 11 is 0. The highest BCUT2D eigenvalue weighted by atomic mass is 19.3. The van der Waals surface area contributed by atoms with Gasteiger partial charge in [-0.3, -0.25) is 4.79 Å². The molecule has 25 heavy (non-hydrogen) atoms. The van der Waals surface area contributed by atoms with Gasteiger partial charge in [-0.25, -0.2) is 17.6 Å². The van der Waals surface area contributed by atoms with Gasteiger partial charge in [0, 0.05) is 6.42 Å². The molecule has 0 aliphatic carbocycles. The van der Waals surface area contributed by atoms with Gasteiger partial charge in [-0.15, -0.1) is 0 Å². The minimum absolute atomic E-state index is 0.0916. The number of fused-ring (bicyclic) bond motifs is 1. The fraction of sp³-hybridized carbons (Fsp3) is 0.294. The maximum Gasteiger partial charge on any atom is 0.287 e. The number of halogens is 4. The van der Waals surface area contributed by atoms with Crippen molar-refractivity contribution in [3.8, 4) is 0 Å². The average Bonchev–Trinajstić information content (AvgIpc) is 2.94. The first-order valence-corrected chi connectivity index (χ1v) is 7.48. The highest BCUT2D eigenvalue weighted by Crippen LogP contribution is 2.33. The van der Waals surface area contributed by atoms with Crippen molar-refractivity contribution in [1.29, 1.82) is 0 Å². The highest BCUT2D eigenvalue weighted by Gasteiger charge is 2.53. The lowest BCUT2D eigenvalue weighted by atomic mass is 10.0. The third kappa shape index (κ3) is 3.21. The van der Waals surface area contributed by atoms with Crippen LogP contribution in [0.3, 0.4) is 0 Å². The summed E-state index contributed by atoms with van der Waals surface area (Å²) < 4.78 is 51.8. The fourth-order valence-corrected chi connectivity index (χ4v) is 2.75. The molecule has 1 atom stereocenters. The van der Waals surface area contributed by atoms with E-state index < -0.39 is 36.6 Å². The van der Waals surface area contributed by atoms with Crippen LogP contribution in [0.25, 0.3) is 10.8 Å². The number of hydrogen-bond donors (Lipinski definition) is 1. The zero-order chi connectivity index (χ0) is 18.2. The maximum absolute atomic E-state index is 13.2. The molecule has 0 bridgehead atoms. The maximum atomic E-state index is 13.2. The second-order valence-electron chi connectivity index (χ2n) is 5.81. The first-order chi connectivity index (χ1) is 11.8. The summed E-state index contributed by atoms with van der Waals surface area (Å²) in [6.45, 7) is 0. The number of hydrazone groups is 1. The zero-order valence-corrected chi connectivity index (χ0v) is 12.9. The second-order valence-corrected chi connectivity index (χ2v) is 5.81. The summed E-state index contributed by atoms with van der Waals surface area (Å²) in [5, 5.41) is 15.1. The molecule has 0 fully saturated rings. The Morgan fingerprint density at radius 3 is 2.48 bits per heavy atom. The second kappa shape index (κ2) is 6.44. The van der Waals surface area contributed by atoms with Gasteiger partial charge in [0.15, 0.2) is 0 Å². The van der Waals surface area contributed by atoms with Crippen molar-refractivity contribution in [3.05, 3.63) is 48.0 Å². The lowest BCUT2D eigenvalue weighted by Gasteiger charge is -2.30. The third-order valence-electron chi connectivity index (χ3n) is 4.04. The Labute approximate surface area is 140 Å². The van der Waals surface area contributed by atoms with Gasteiger partial charge in [0.05, 0.1) is 6.42 Å². The number of amides is 1. The summed E-state index contributed by atoms with van der Waals surface area (Å²) in [7, 11) is 0. The highest BCUT2D eigenvalue weighted by molar-refractivity contribution is 5.93. The van der Waals surface area contributed by atoms with Crippen LogP contribution in [0.4, 0.5) is 17.6 Å². The van der Waals surface area contributed by atoms with Gasteiger partial charge in [0.1, 0.15) is 5.71 Å². The number of carbonyl (C=O) groups excluding carboxylic acids is 1. The van der Waals surface area contributed by atoms with Crippen LogP contribution in [-0.2, 0) is 11.2 Å². The van der Waals surface area contributed by atoms with E-state index in [2.05, 4.69) is 5.10 Å². The first-order valence-electron chi connectivity index (χ1n) is 7.48. The van der Waals surface area contributed by atoms with Crippen LogP contribution in [0.2, 0.25) is 0 Å². The molecule has 1 aliphatic heterocycles. The van der Waals surface area contributed by atoms with E-state index in [-0.39, 0.29) is 11.4 Å². The third-order valence-corrected chi connectivity index (χ3v) is 4.04. The Balaban J connectivity index is 1.87. The molecule has 3 rings (SSSR count). The molecule has 2 aromatic rings. The van der Waals surface area contributed by atoms with Crippen molar-refractivity contribution in [1.82, 2.24) is 5.01 Å². The van der Waals surface area contributed by atoms with Crippen molar-refractivity contribution < 1.29 is 27.5 Å². The molecular formula is C17H14F4N2O2. The molecule has 1 aliphatic rings. The van der Waals surface area contributed by atoms with E-state index in [1.165, 1.54) is 0 Å². The van der Waals surface area contributed by atoms with E-state index in [1.54, 1.807) is 18.2 Å². The van der Waals surface area contributed by atoms with Crippen molar-refractivity contribution in [2.45, 2.75) is 31.4 Å². The van der Waals surface area contributed by atoms with E-state index in [4.69, 9.17) is 0 Å². The predicted molar refractivity (Wildman–Crippen MR) is 83.5 cm³/mol. The van der Waals surface area contributed by atoms with Crippen LogP contribution in [0, 0.1) is 0 Å². The van der Waals surface area contributed by atoms with Gasteiger partial charge in [-0.1, -0.05) is 42.5 Å². The lowest BCUT2D eigenvalue weighted by molar-refractivity contribution is -0.191. The van der Waals surface area contributed by atoms with Gasteiger partial charge < -0.3 is 5.11 Å². The summed E-state index contributed by atoms with van der Waals surface area (Å²) in [4.78, 5) is 12.3. The molecule has 0 radical (unpaired) electrons. The number of hydrogen-bond acceptors (Lipinski definition) is 3. The summed E-state index contributed by atoms with van der Waals surface area (Å²) in [6.07, 6.45) is -7.97. The van der Waals surface area contributed by atoms with Crippen LogP contribution in [0.15, 0.2) is 47.6 Å². The monoisotopic (exact) mass is 354 g/mol. The molecule has 0 spiro atoms. The molecule has 8 heteroatoms. The molecule has 0 aromatic heterocycles. The minimum atomic E-state index is -3.42. The van der Waals surface area contributed by atoms with Crippen LogP contribution < -0.4 is 0 Å². The van der Waals surface area contributed by atoms with Crippen molar-refractivity contribution in [2.24, 2.45) is 5.10 Å². The van der Waals surface area contributed by atoms with E-state index in [9.17, 15) is 27.5 Å². The molecule has 1 heterocycles. The standard InChI is InChI=1S/C17H14F4N2O2/c18-15(19)13-9-17(25,16(20)21)23(22-13)14(24)8-10-5-6-11-3-1-2-4-12(11)7-10/h1-7,15-16,25H,8-9H2/t17-/m1/s1. The largest absolute Gasteiger partial charge is 0.364 e. The Kier molecular flexibility index (Phi) is 4.47. The summed E-state index contributed by atoms with van der Waals surface area (Å²) in [6, 6.07) is 12.4. The zero-order valence-electron chi connectivity index (χ0n) is 12.9. The molecule has 132 valence electrons. The smallest absolute Gasteiger partial charge is 0.287 e. The Morgan fingerprint density at radius 2 is 1.84 bits per heavy atom. The topological polar surface area (TPSA) is 52.9 Å². The van der Waals surface area contributed by atoms with Crippen molar-refractivity contribution in [2.75, 3.05) is 0 Å². The number of nitrogens with zero attached hydrogens (tertiary/aromatic N) is 2. The lowest BCUT2D eigenvalue weighted by Crippen LogP contribution is -2.52. The van der Waals surface area contributed by atoms with Crippen LogP contribution in [0.1, 0.15) is 12.0 Å². The van der Waals surface area contributed by atoms with E-state index in [1.807, 2.05) is 24.3 Å². The number of alkyl halides is 4. The molecular weight excluding hydrogens is 340 g/mol. The van der Waals surface area contributed by atoms with Crippen LogP contribution >= 0.6 is 0 Å². The molecule has 1 amide bonds. The average molecular weight is 354 g/mol. The minimum Gasteiger partial charge on any atom is -0.364 e. The van der Waals surface area contributed by atoms with Crippen molar-refractivity contribution in [3.63, 3.8) is 0 Å². The molecule has 4 nitrogen and oxygen atoms in total. The van der Waals surface area contributed by atoms with Gasteiger partial charge in [0.2, 0.25) is 11.6 Å². The number of aliphatic hydroxyl groups is 1. The molecule has 0 unspecified atom stereocenters. The van der Waals surface area contributed by atoms with Crippen LogP contribution in [0.5, 0.6) is 0 Å². The van der Waals surface area contributed by atoms with E-state index in [0.29, 0.717) is 5.56 Å². The van der Waals surface area contributed by atoms with Gasteiger partial charge in [-0.05, 0) is 16.3 Å². The fourth-order valence-electron chi connectivity index (χ4n) is 2.75. The van der Waals surface area contributed by atoms with Crippen LogP contribution in [-0.4, -0.2) is 40.3 Å². The number of benzene rings is 2. The quantitative estimate of drug-likeness (QED) is 0.858. The summed E-state index contributed by atoms with van der Waals surface area (Å²) in [5.74, 6) is -0.978. The molecule has 1 N–H and O–H groups in total. The Hall–Kier alpha value is -2.48. The predicted octanol–water partition coefficient (Wildman–Crippen LogP) is 3.19. The van der Waals surface area contributed by atoms with Crippen molar-refractivity contribution >= 4 is 22.4 Å².